The standard InChI is InChI=1S/C22H15N5O8S/c1-9-3-5-12-14(7-9)36-22(25-12)26-20(31)17(28)15(18(29)21(32)35-2)16-19(30)24-13-8-10(27(33)34)4-6-11(13)23-16/h3-8,15H,1-2H3,(H,24,30)(H,25,26,31)/t15-/m0/s1. The first kappa shape index (κ1) is 24.3. The highest BCUT2D eigenvalue weighted by Crippen LogP contribution is 2.27. The maximum absolute atomic E-state index is 13.1. The van der Waals surface area contributed by atoms with Crippen LogP contribution in [0.3, 0.4) is 0 Å². The summed E-state index contributed by atoms with van der Waals surface area (Å²) in [4.78, 5) is 84.0. The smallest absolute Gasteiger partial charge is 0.375 e. The number of aromatic nitrogens is 3. The fourth-order valence-corrected chi connectivity index (χ4v) is 4.32. The number of hydrogen-bond acceptors (Lipinski definition) is 11. The van der Waals surface area contributed by atoms with Crippen LogP contribution >= 0.6 is 11.3 Å². The fraction of sp³-hybridized carbons (Fsp3) is 0.136. The molecule has 4 aromatic rings. The van der Waals surface area contributed by atoms with E-state index < -0.39 is 45.5 Å². The average molecular weight is 509 g/mol. The van der Waals surface area contributed by atoms with Gasteiger partial charge in [0.05, 0.1) is 33.3 Å². The van der Waals surface area contributed by atoms with Gasteiger partial charge >= 0.3 is 5.97 Å². The van der Waals surface area contributed by atoms with E-state index in [0.29, 0.717) is 5.52 Å². The molecule has 0 unspecified atom stereocenters. The van der Waals surface area contributed by atoms with Gasteiger partial charge in [-0.1, -0.05) is 17.4 Å². The zero-order valence-electron chi connectivity index (χ0n) is 18.6. The summed E-state index contributed by atoms with van der Waals surface area (Å²) < 4.78 is 5.12. The summed E-state index contributed by atoms with van der Waals surface area (Å²) in [6.45, 7) is 1.87. The summed E-state index contributed by atoms with van der Waals surface area (Å²) in [6.07, 6.45) is 0. The van der Waals surface area contributed by atoms with Crippen molar-refractivity contribution in [1.29, 1.82) is 0 Å². The number of ether oxygens (including phenoxy) is 1. The number of nitrogens with one attached hydrogen (secondary N) is 2. The monoisotopic (exact) mass is 509 g/mol. The Morgan fingerprint density at radius 1 is 1.08 bits per heavy atom. The quantitative estimate of drug-likeness (QED) is 0.122. The van der Waals surface area contributed by atoms with Crippen molar-refractivity contribution in [2.75, 3.05) is 12.4 Å². The number of nitro benzene ring substituents is 1. The molecule has 2 N–H and O–H groups in total. The highest BCUT2D eigenvalue weighted by molar-refractivity contribution is 7.22. The van der Waals surface area contributed by atoms with Crippen LogP contribution in [0, 0.1) is 17.0 Å². The number of fused-ring (bicyclic) bond motifs is 2. The Morgan fingerprint density at radius 3 is 2.50 bits per heavy atom. The highest BCUT2D eigenvalue weighted by Gasteiger charge is 2.40. The summed E-state index contributed by atoms with van der Waals surface area (Å²) in [5.74, 6) is -7.94. The second kappa shape index (κ2) is 9.42. The lowest BCUT2D eigenvalue weighted by Gasteiger charge is -2.12. The lowest BCUT2D eigenvalue weighted by atomic mass is 9.94. The van der Waals surface area contributed by atoms with E-state index in [4.69, 9.17) is 0 Å². The third-order valence-electron chi connectivity index (χ3n) is 5.09. The number of Topliss-reactive ketones (excluding diaryl/α,β-unsaturated/α-hetero) is 2. The first-order chi connectivity index (χ1) is 17.1. The van der Waals surface area contributed by atoms with Gasteiger partial charge in [-0.2, -0.15) is 0 Å². The maximum Gasteiger partial charge on any atom is 0.375 e. The lowest BCUT2D eigenvalue weighted by Crippen LogP contribution is -2.39. The zero-order valence-corrected chi connectivity index (χ0v) is 19.4. The summed E-state index contributed by atoms with van der Waals surface area (Å²) in [5, 5.41) is 13.3. The van der Waals surface area contributed by atoms with Crippen LogP contribution in [-0.4, -0.2) is 50.4 Å². The topological polar surface area (TPSA) is 191 Å². The molecule has 0 aliphatic rings. The van der Waals surface area contributed by atoms with E-state index in [0.717, 1.165) is 40.8 Å². The van der Waals surface area contributed by atoms with Crippen LogP contribution in [0.15, 0.2) is 41.2 Å². The number of esters is 1. The van der Waals surface area contributed by atoms with Crippen molar-refractivity contribution in [2.24, 2.45) is 0 Å². The number of carbonyl (C=O) groups is 4. The molecular weight excluding hydrogens is 494 g/mol. The minimum atomic E-state index is -2.22. The van der Waals surface area contributed by atoms with Crippen LogP contribution in [0.2, 0.25) is 0 Å². The first-order valence-electron chi connectivity index (χ1n) is 10.1. The number of aromatic amines is 1. The number of thiazole rings is 1. The van der Waals surface area contributed by atoms with Crippen LogP contribution in [0.4, 0.5) is 10.8 Å². The Labute approximate surface area is 204 Å². The van der Waals surface area contributed by atoms with Gasteiger partial charge in [-0.25, -0.2) is 14.8 Å². The second-order valence-electron chi connectivity index (χ2n) is 7.51. The third-order valence-corrected chi connectivity index (χ3v) is 6.02. The molecule has 13 nitrogen and oxygen atoms in total. The Hall–Kier alpha value is -4.85. The summed E-state index contributed by atoms with van der Waals surface area (Å²) >= 11 is 1.08. The van der Waals surface area contributed by atoms with Gasteiger partial charge in [0.2, 0.25) is 5.78 Å². The van der Waals surface area contributed by atoms with Crippen molar-refractivity contribution < 1.29 is 28.8 Å². The van der Waals surface area contributed by atoms with Crippen molar-refractivity contribution in [1.82, 2.24) is 15.0 Å². The van der Waals surface area contributed by atoms with Gasteiger partial charge < -0.3 is 9.72 Å². The minimum absolute atomic E-state index is 0.0207. The molecule has 182 valence electrons. The maximum atomic E-state index is 13.1. The van der Waals surface area contributed by atoms with Gasteiger partial charge in [-0.15, -0.1) is 0 Å². The number of non-ortho nitro benzene ring substituents is 1. The largest absolute Gasteiger partial charge is 0.463 e. The van der Waals surface area contributed by atoms with E-state index >= 15 is 0 Å². The molecule has 14 heteroatoms. The fourth-order valence-electron chi connectivity index (χ4n) is 3.36. The molecule has 0 saturated heterocycles. The number of carbonyl (C=O) groups excluding carboxylic acids is 4. The number of amides is 1. The SMILES string of the molecule is COC(=O)C(=O)[C@H](C(=O)C(=O)Nc1nc2ccc(C)cc2s1)c1nc2ccc([N+](=O)[O-])cc2[nH]c1=O. The number of H-pyrrole nitrogens is 1. The Bertz CT molecular complexity index is 1660. The number of ketones is 2. The average Bonchev–Trinajstić information content (AvgIpc) is 3.24. The van der Waals surface area contributed by atoms with Crippen molar-refractivity contribution in [3.8, 4) is 0 Å². The molecule has 2 aromatic carbocycles. The number of rotatable bonds is 7. The van der Waals surface area contributed by atoms with Gasteiger partial charge in [0.25, 0.3) is 22.9 Å². The van der Waals surface area contributed by atoms with Crippen molar-refractivity contribution in [3.05, 3.63) is 68.1 Å². The Kier molecular flexibility index (Phi) is 6.35. The molecular formula is C22H15N5O8S. The van der Waals surface area contributed by atoms with Crippen molar-refractivity contribution >= 4 is 66.8 Å². The van der Waals surface area contributed by atoms with E-state index in [9.17, 15) is 34.1 Å². The molecule has 0 spiro atoms. The molecule has 0 aliphatic carbocycles. The molecule has 0 fully saturated rings. The van der Waals surface area contributed by atoms with E-state index in [2.05, 4.69) is 25.0 Å². The number of nitro groups is 1. The molecule has 2 aromatic heterocycles. The minimum Gasteiger partial charge on any atom is -0.463 e. The van der Waals surface area contributed by atoms with Crippen LogP contribution in [0.5, 0.6) is 0 Å². The molecule has 2 heterocycles. The number of nitrogens with zero attached hydrogens (tertiary/aromatic N) is 3. The van der Waals surface area contributed by atoms with Crippen LogP contribution in [-0.2, 0) is 23.9 Å². The summed E-state index contributed by atoms with van der Waals surface area (Å²) in [7, 11) is 0.891. The molecule has 0 radical (unpaired) electrons. The number of aryl methyl sites for hydroxylation is 1. The van der Waals surface area contributed by atoms with E-state index in [-0.39, 0.29) is 21.9 Å². The summed E-state index contributed by atoms with van der Waals surface area (Å²) in [6, 6.07) is 8.68. The second-order valence-corrected chi connectivity index (χ2v) is 8.54. The zero-order chi connectivity index (χ0) is 26.1. The van der Waals surface area contributed by atoms with Crippen LogP contribution in [0.25, 0.3) is 21.3 Å². The predicted octanol–water partition coefficient (Wildman–Crippen LogP) is 1.78. The van der Waals surface area contributed by atoms with Crippen LogP contribution < -0.4 is 10.9 Å². The van der Waals surface area contributed by atoms with Crippen molar-refractivity contribution in [3.63, 3.8) is 0 Å². The first-order valence-corrected chi connectivity index (χ1v) is 10.9. The molecule has 0 saturated carbocycles. The Balaban J connectivity index is 1.73. The van der Waals surface area contributed by atoms with E-state index in [1.807, 2.05) is 19.1 Å². The highest BCUT2D eigenvalue weighted by atomic mass is 32.1. The van der Waals surface area contributed by atoms with Gasteiger partial charge in [-0.05, 0) is 30.7 Å². The number of benzene rings is 2. The van der Waals surface area contributed by atoms with Crippen molar-refractivity contribution in [2.45, 2.75) is 12.8 Å². The van der Waals surface area contributed by atoms with Gasteiger partial charge in [0, 0.05) is 12.1 Å². The molecule has 0 aliphatic heterocycles. The summed E-state index contributed by atoms with van der Waals surface area (Å²) in [5.41, 5.74) is -0.727. The molecule has 1 amide bonds. The van der Waals surface area contributed by atoms with E-state index in [1.165, 1.54) is 6.07 Å². The van der Waals surface area contributed by atoms with Gasteiger partial charge in [0.15, 0.2) is 5.13 Å². The van der Waals surface area contributed by atoms with Gasteiger partial charge in [-0.3, -0.25) is 34.6 Å². The molecule has 36 heavy (non-hydrogen) atoms. The van der Waals surface area contributed by atoms with E-state index in [1.54, 1.807) is 6.07 Å². The Morgan fingerprint density at radius 2 is 1.81 bits per heavy atom. The molecule has 1 atom stereocenters. The number of methoxy groups -OCH3 is 1. The molecule has 4 rings (SSSR count). The number of anilines is 1. The molecule has 0 bridgehead atoms. The van der Waals surface area contributed by atoms with Crippen LogP contribution in [0.1, 0.15) is 17.2 Å². The normalized spacial score (nSPS) is 11.7. The van der Waals surface area contributed by atoms with Gasteiger partial charge in [0.1, 0.15) is 11.6 Å². The predicted molar refractivity (Wildman–Crippen MR) is 127 cm³/mol. The third kappa shape index (κ3) is 4.56. The number of hydrogen-bond donors (Lipinski definition) is 2. The lowest BCUT2D eigenvalue weighted by molar-refractivity contribution is -0.384.